The third-order valence-corrected chi connectivity index (χ3v) is 3.55. The summed E-state index contributed by atoms with van der Waals surface area (Å²) in [4.78, 5) is 25.8. The van der Waals surface area contributed by atoms with Gasteiger partial charge in [-0.25, -0.2) is 4.79 Å². The largest absolute Gasteiger partial charge is 0.394 e. The number of hydrogen-bond acceptors (Lipinski definition) is 6. The third-order valence-electron chi connectivity index (χ3n) is 3.55. The van der Waals surface area contributed by atoms with Crippen LogP contribution in [0, 0.1) is 0 Å². The van der Waals surface area contributed by atoms with E-state index in [1.54, 1.807) is 13.8 Å². The fourth-order valence-corrected chi connectivity index (χ4v) is 2.43. The summed E-state index contributed by atoms with van der Waals surface area (Å²) < 4.78 is 12.1. The van der Waals surface area contributed by atoms with Crippen LogP contribution in [0.1, 0.15) is 25.6 Å². The van der Waals surface area contributed by atoms with Crippen LogP contribution >= 0.6 is 0 Å². The number of nitrogens with zero attached hydrogens (tertiary/aromatic N) is 1. The molecule has 1 fully saturated rings. The minimum Gasteiger partial charge on any atom is -0.394 e. The van der Waals surface area contributed by atoms with E-state index in [1.165, 1.54) is 10.8 Å². The lowest BCUT2D eigenvalue weighted by Crippen LogP contribution is -2.40. The number of nitrogens with one attached hydrogen (secondary N) is 1. The van der Waals surface area contributed by atoms with Gasteiger partial charge in [0.2, 0.25) is 0 Å². The first kappa shape index (κ1) is 15.9. The highest BCUT2D eigenvalue weighted by Crippen LogP contribution is 2.30. The third kappa shape index (κ3) is 2.93. The smallest absolute Gasteiger partial charge is 0.330 e. The molecule has 8 nitrogen and oxygen atoms in total. The maximum Gasteiger partial charge on any atom is 0.330 e. The van der Waals surface area contributed by atoms with Crippen molar-refractivity contribution < 1.29 is 19.7 Å². The fraction of sp³-hybridized carbons (Fsp3) is 0.692. The van der Waals surface area contributed by atoms with Crippen LogP contribution in [0.15, 0.2) is 15.8 Å². The number of aliphatic hydroxyl groups excluding tert-OH is 2. The molecule has 0 unspecified atom stereocenters. The van der Waals surface area contributed by atoms with Crippen molar-refractivity contribution in [3.05, 3.63) is 32.6 Å². The Balaban J connectivity index is 2.44. The first-order valence-electron chi connectivity index (χ1n) is 6.93. The summed E-state index contributed by atoms with van der Waals surface area (Å²) in [6, 6.07) is 0. The van der Waals surface area contributed by atoms with Crippen LogP contribution in [-0.4, -0.2) is 51.3 Å². The molecule has 1 saturated heterocycles. The van der Waals surface area contributed by atoms with E-state index in [0.29, 0.717) is 18.6 Å². The second-order valence-corrected chi connectivity index (χ2v) is 4.83. The zero-order chi connectivity index (χ0) is 15.6. The van der Waals surface area contributed by atoms with Gasteiger partial charge in [-0.2, -0.15) is 0 Å². The van der Waals surface area contributed by atoms with E-state index in [4.69, 9.17) is 9.47 Å². The molecule has 1 aliphatic rings. The molecule has 3 N–H and O–H groups in total. The van der Waals surface area contributed by atoms with Gasteiger partial charge >= 0.3 is 5.69 Å². The van der Waals surface area contributed by atoms with Crippen molar-refractivity contribution >= 4 is 0 Å². The number of rotatable bonds is 5. The van der Waals surface area contributed by atoms with E-state index in [0.717, 1.165) is 0 Å². The first-order valence-corrected chi connectivity index (χ1v) is 6.93. The number of aromatic nitrogens is 2. The second-order valence-electron chi connectivity index (χ2n) is 4.83. The first-order chi connectivity index (χ1) is 10.0. The maximum absolute atomic E-state index is 12.0. The number of ether oxygens (including phenoxy) is 2. The quantitative estimate of drug-likeness (QED) is 0.626. The molecule has 0 radical (unpaired) electrons. The molecular weight excluding hydrogens is 280 g/mol. The fourth-order valence-electron chi connectivity index (χ4n) is 2.43. The van der Waals surface area contributed by atoms with Gasteiger partial charge in [-0.1, -0.05) is 6.92 Å². The molecule has 4 atom stereocenters. The van der Waals surface area contributed by atoms with Crippen molar-refractivity contribution in [2.24, 2.45) is 0 Å². The molecule has 0 aliphatic carbocycles. The average Bonchev–Trinajstić information content (AvgIpc) is 2.77. The van der Waals surface area contributed by atoms with Crippen LogP contribution in [0.5, 0.6) is 0 Å². The van der Waals surface area contributed by atoms with Gasteiger partial charge in [0.15, 0.2) is 6.23 Å². The highest BCUT2D eigenvalue weighted by atomic mass is 16.6. The zero-order valence-electron chi connectivity index (χ0n) is 12.0. The Morgan fingerprint density at radius 2 is 2.14 bits per heavy atom. The topological polar surface area (TPSA) is 114 Å². The molecule has 2 heterocycles. The molecule has 0 amide bonds. The standard InChI is InChI=1S/C13H20N2O6/c1-3-7-5-15(13(19)14-11(7)18)12-10(20-4-2)9(17)8(6-16)21-12/h5,8-10,12,16-17H,3-4,6H2,1-2H3,(H,14,18,19)/t8-,9-,10-,12-/m1/s1. The minimum absolute atomic E-state index is 0.318. The Labute approximate surface area is 120 Å². The normalized spacial score (nSPS) is 29.0. The van der Waals surface area contributed by atoms with Crippen molar-refractivity contribution in [1.29, 1.82) is 0 Å². The summed E-state index contributed by atoms with van der Waals surface area (Å²) in [5, 5.41) is 19.3. The van der Waals surface area contributed by atoms with E-state index in [-0.39, 0.29) is 6.61 Å². The lowest BCUT2D eigenvalue weighted by molar-refractivity contribution is -0.0718. The predicted octanol–water partition coefficient (Wildman–Crippen LogP) is -1.25. The van der Waals surface area contributed by atoms with Crippen molar-refractivity contribution in [3.8, 4) is 0 Å². The van der Waals surface area contributed by atoms with Gasteiger partial charge in [-0.15, -0.1) is 0 Å². The Bertz CT molecular complexity index is 595. The molecular formula is C13H20N2O6. The van der Waals surface area contributed by atoms with Gasteiger partial charge in [0, 0.05) is 18.4 Å². The number of hydrogen-bond donors (Lipinski definition) is 3. The lowest BCUT2D eigenvalue weighted by atomic mass is 10.1. The molecule has 0 spiro atoms. The number of aliphatic hydroxyl groups is 2. The Morgan fingerprint density at radius 3 is 2.71 bits per heavy atom. The zero-order valence-corrected chi connectivity index (χ0v) is 12.0. The summed E-state index contributed by atoms with van der Waals surface area (Å²) in [6.07, 6.45) is -1.72. The molecule has 1 aromatic rings. The highest BCUT2D eigenvalue weighted by Gasteiger charge is 2.45. The van der Waals surface area contributed by atoms with Crippen LogP contribution in [0.25, 0.3) is 0 Å². The number of aromatic amines is 1. The molecule has 1 aromatic heterocycles. The molecule has 8 heteroatoms. The molecule has 0 saturated carbocycles. The SMILES string of the molecule is CCO[C@@H]1[C@H](O)[C@@H](CO)O[C@H]1n1cc(CC)c(=O)[nH]c1=O. The van der Waals surface area contributed by atoms with E-state index in [1.807, 2.05) is 0 Å². The summed E-state index contributed by atoms with van der Waals surface area (Å²) in [5.74, 6) is 0. The van der Waals surface area contributed by atoms with Crippen LogP contribution in [0.3, 0.4) is 0 Å². The summed E-state index contributed by atoms with van der Waals surface area (Å²) in [5.41, 5.74) is -0.656. The number of H-pyrrole nitrogens is 1. The van der Waals surface area contributed by atoms with Gasteiger partial charge in [-0.3, -0.25) is 14.3 Å². The predicted molar refractivity (Wildman–Crippen MR) is 73.1 cm³/mol. The molecule has 1 aliphatic heterocycles. The van der Waals surface area contributed by atoms with Gasteiger partial charge in [0.1, 0.15) is 18.3 Å². The summed E-state index contributed by atoms with van der Waals surface area (Å²) in [6.45, 7) is 3.47. The van der Waals surface area contributed by atoms with Crippen molar-refractivity contribution in [2.75, 3.05) is 13.2 Å². The van der Waals surface area contributed by atoms with E-state index >= 15 is 0 Å². The molecule has 2 rings (SSSR count). The lowest BCUT2D eigenvalue weighted by Gasteiger charge is -2.22. The van der Waals surface area contributed by atoms with Gasteiger partial charge in [-0.05, 0) is 13.3 Å². The van der Waals surface area contributed by atoms with E-state index in [9.17, 15) is 19.8 Å². The van der Waals surface area contributed by atoms with Crippen LogP contribution in [0.4, 0.5) is 0 Å². The van der Waals surface area contributed by atoms with Crippen LogP contribution in [-0.2, 0) is 15.9 Å². The Kier molecular flexibility index (Phi) is 4.94. The summed E-state index contributed by atoms with van der Waals surface area (Å²) in [7, 11) is 0. The number of aryl methyl sites for hydroxylation is 1. The highest BCUT2D eigenvalue weighted by molar-refractivity contribution is 5.05. The van der Waals surface area contributed by atoms with Crippen molar-refractivity contribution in [2.45, 2.75) is 44.8 Å². The van der Waals surface area contributed by atoms with Crippen molar-refractivity contribution in [1.82, 2.24) is 9.55 Å². The molecule has 21 heavy (non-hydrogen) atoms. The van der Waals surface area contributed by atoms with Crippen LogP contribution in [0.2, 0.25) is 0 Å². The van der Waals surface area contributed by atoms with E-state index < -0.39 is 35.8 Å². The molecule has 0 bridgehead atoms. The second kappa shape index (κ2) is 6.52. The monoisotopic (exact) mass is 300 g/mol. The minimum atomic E-state index is -1.05. The van der Waals surface area contributed by atoms with Gasteiger partial charge < -0.3 is 19.7 Å². The average molecular weight is 300 g/mol. The van der Waals surface area contributed by atoms with E-state index in [2.05, 4.69) is 4.98 Å². The van der Waals surface area contributed by atoms with Gasteiger partial charge in [0.05, 0.1) is 6.61 Å². The van der Waals surface area contributed by atoms with Crippen molar-refractivity contribution in [3.63, 3.8) is 0 Å². The maximum atomic E-state index is 12.0. The molecule has 118 valence electrons. The Morgan fingerprint density at radius 1 is 1.43 bits per heavy atom. The van der Waals surface area contributed by atoms with Crippen LogP contribution < -0.4 is 11.2 Å². The molecule has 0 aromatic carbocycles. The summed E-state index contributed by atoms with van der Waals surface area (Å²) >= 11 is 0. The Hall–Kier alpha value is -1.48. The van der Waals surface area contributed by atoms with Gasteiger partial charge in [0.25, 0.3) is 5.56 Å².